The minimum Gasteiger partial charge on any atom is -0.481 e. The molecule has 2 N–H and O–H groups in total. The molecule has 1 aromatic carbocycles. The van der Waals surface area contributed by atoms with E-state index in [1.807, 2.05) is 76.2 Å². The van der Waals surface area contributed by atoms with Gasteiger partial charge in [0.25, 0.3) is 0 Å². The third kappa shape index (κ3) is 59.1. The molecule has 0 aromatic heterocycles. The number of methoxy groups -OCH3 is 2. The van der Waals surface area contributed by atoms with Crippen molar-refractivity contribution in [3.05, 3.63) is 34.9 Å². The summed E-state index contributed by atoms with van der Waals surface area (Å²) >= 11 is 0. The lowest BCUT2D eigenvalue weighted by molar-refractivity contribution is -0.157. The molecule has 95 heavy (non-hydrogen) atoms. The van der Waals surface area contributed by atoms with Crippen LogP contribution >= 0.6 is 0 Å². The van der Waals surface area contributed by atoms with Gasteiger partial charge in [0.1, 0.15) is 13.2 Å². The van der Waals surface area contributed by atoms with Crippen molar-refractivity contribution in [2.24, 2.45) is 33.0 Å². The Morgan fingerprint density at radius 3 is 0.947 bits per heavy atom. The fraction of sp³-hybridized carbons (Fsp3) is 0.789. The summed E-state index contributed by atoms with van der Waals surface area (Å²) in [5.41, 5.74) is -1.84. The predicted octanol–water partition coefficient (Wildman–Crippen LogP) is 22.8. The van der Waals surface area contributed by atoms with E-state index in [0.29, 0.717) is 19.4 Å². The first kappa shape index (κ1) is 145. The number of cyclic esters (lactones) is 2. The van der Waals surface area contributed by atoms with E-state index in [1.165, 1.54) is 77.4 Å². The fourth-order valence-electron chi connectivity index (χ4n) is 5.63. The van der Waals surface area contributed by atoms with Crippen molar-refractivity contribution >= 4 is 59.7 Å². The lowest BCUT2D eigenvalue weighted by Gasteiger charge is -2.20. The molecule has 0 saturated heterocycles. The van der Waals surface area contributed by atoms with Crippen LogP contribution < -0.4 is 0 Å². The summed E-state index contributed by atoms with van der Waals surface area (Å²) in [5.74, 6) is -7.43. The molecular weight excluding hydrogens is 1220 g/mol. The molecule has 584 valence electrons. The van der Waals surface area contributed by atoms with Crippen LogP contribution in [0.2, 0.25) is 0 Å². The maximum Gasteiger partial charge on any atom is 0.346 e. The largest absolute Gasteiger partial charge is 0.481 e. The molecule has 0 fully saturated rings. The van der Waals surface area contributed by atoms with E-state index in [2.05, 4.69) is 21.1 Å². The van der Waals surface area contributed by atoms with Gasteiger partial charge in [-0.05, 0) is 139 Å². The molecule has 0 radical (unpaired) electrons. The summed E-state index contributed by atoms with van der Waals surface area (Å²) in [4.78, 5) is 113. The fourth-order valence-corrected chi connectivity index (χ4v) is 5.63. The van der Waals surface area contributed by atoms with E-state index in [9.17, 15) is 47.9 Å². The van der Waals surface area contributed by atoms with Gasteiger partial charge in [0.15, 0.2) is 5.92 Å². The monoisotopic (exact) mass is 1380 g/mol. The summed E-state index contributed by atoms with van der Waals surface area (Å²) in [6, 6.07) is 3.95. The average Bonchev–Trinajstić information content (AvgIpc) is 3.70. The first-order valence-electron chi connectivity index (χ1n) is 27.3. The van der Waals surface area contributed by atoms with Crippen molar-refractivity contribution in [1.29, 1.82) is 0 Å². The van der Waals surface area contributed by atoms with E-state index in [1.54, 1.807) is 27.7 Å². The number of benzene rings is 1. The zero-order chi connectivity index (χ0) is 61.1. The third-order valence-corrected chi connectivity index (χ3v) is 13.7. The topological polar surface area (TPSA) is 276 Å². The molecule has 19 nitrogen and oxygen atoms in total. The Balaban J connectivity index is -0.0000000408. The smallest absolute Gasteiger partial charge is 0.346 e. The molecule has 2 rings (SSSR count). The van der Waals surface area contributed by atoms with E-state index in [0.717, 1.165) is 25.7 Å². The third-order valence-electron chi connectivity index (χ3n) is 13.7. The van der Waals surface area contributed by atoms with Gasteiger partial charge >= 0.3 is 59.7 Å². The van der Waals surface area contributed by atoms with Gasteiger partial charge in [-0.25, -0.2) is 14.4 Å². The number of carboxylic acids is 2. The molecule has 0 amide bonds. The van der Waals surface area contributed by atoms with Crippen LogP contribution in [-0.2, 0) is 66.7 Å². The lowest BCUT2D eigenvalue weighted by atomic mass is 9.91. The molecule has 0 atom stereocenters. The van der Waals surface area contributed by atoms with Crippen LogP contribution in [0.15, 0.2) is 18.2 Å². The number of carbonyl (C=O) groups excluding carboxylic acids is 8. The molecule has 1 aromatic rings. The normalized spacial score (nSPS) is 9.80. The maximum atomic E-state index is 11.9. The number of unbranched alkanes of at least 4 members (excludes halogenated alkanes) is 7. The number of carboxylic acid groups (broad SMARTS) is 2. The van der Waals surface area contributed by atoms with E-state index in [-0.39, 0.29) is 222 Å². The lowest BCUT2D eigenvalue weighted by Crippen LogP contribution is -2.27. The number of fused-ring (bicyclic) bond motifs is 1. The van der Waals surface area contributed by atoms with Gasteiger partial charge in [-0.2, -0.15) is 0 Å². The Bertz CT molecular complexity index is 2010. The number of hydrogen-bond donors (Lipinski definition) is 2. The molecule has 19 heteroatoms. The molecule has 1 aliphatic rings. The number of rotatable bonds is 29. The van der Waals surface area contributed by atoms with Crippen molar-refractivity contribution in [2.75, 3.05) is 40.6 Å². The van der Waals surface area contributed by atoms with Crippen molar-refractivity contribution in [1.82, 2.24) is 0 Å². The van der Waals surface area contributed by atoms with Gasteiger partial charge in [0.05, 0.1) is 71.2 Å². The Morgan fingerprint density at radius 2 is 0.653 bits per heavy atom. The first-order valence-corrected chi connectivity index (χ1v) is 27.3. The highest BCUT2D eigenvalue weighted by atomic mass is 16.6. The summed E-state index contributed by atoms with van der Waals surface area (Å²) < 4.78 is 33.9. The molecule has 0 aliphatic carbocycles. The van der Waals surface area contributed by atoms with Crippen LogP contribution in [0.4, 0.5) is 0 Å². The average molecular weight is 1380 g/mol. The Morgan fingerprint density at radius 1 is 0.379 bits per heavy atom. The first-order chi connectivity index (χ1) is 36.1. The molecule has 1 aliphatic heterocycles. The second kappa shape index (κ2) is 73.9. The van der Waals surface area contributed by atoms with Crippen LogP contribution in [-0.4, -0.2) is 111 Å². The van der Waals surface area contributed by atoms with Crippen LogP contribution in [0.1, 0.15) is 364 Å². The van der Waals surface area contributed by atoms with Crippen LogP contribution in [0.3, 0.4) is 0 Å². The number of hydrogen-bond acceptors (Lipinski definition) is 17. The Labute approximate surface area is 590 Å². The highest BCUT2D eigenvalue weighted by Crippen LogP contribution is 2.26. The number of ether oxygens (including phenoxy) is 7. The quantitative estimate of drug-likeness (QED) is 0.0326. The molecule has 0 unspecified atom stereocenters. The summed E-state index contributed by atoms with van der Waals surface area (Å²) in [6.45, 7) is 30.9. The summed E-state index contributed by atoms with van der Waals surface area (Å²) in [5, 5.41) is 17.3. The van der Waals surface area contributed by atoms with E-state index < -0.39 is 46.6 Å². The predicted molar refractivity (Wildman–Crippen MR) is 409 cm³/mol. The number of esters is 8. The van der Waals surface area contributed by atoms with Crippen molar-refractivity contribution < 1.29 is 91.3 Å². The molecule has 1 heterocycles. The molecule has 0 saturated carbocycles. The van der Waals surface area contributed by atoms with Gasteiger partial charge < -0.3 is 43.4 Å². The maximum absolute atomic E-state index is 11.9. The minimum atomic E-state index is -1.44. The van der Waals surface area contributed by atoms with Gasteiger partial charge in [0.2, 0.25) is 0 Å². The van der Waals surface area contributed by atoms with Crippen LogP contribution in [0.5, 0.6) is 0 Å². The second-order valence-corrected chi connectivity index (χ2v) is 22.0. The van der Waals surface area contributed by atoms with E-state index in [4.69, 9.17) is 29.2 Å². The summed E-state index contributed by atoms with van der Waals surface area (Å²) in [6.07, 6.45) is 14.1. The summed E-state index contributed by atoms with van der Waals surface area (Å²) in [7, 11) is 2.83. The highest BCUT2D eigenvalue weighted by molar-refractivity contribution is 6.15. The van der Waals surface area contributed by atoms with Crippen molar-refractivity contribution in [2.45, 2.75) is 333 Å². The number of carbonyl (C=O) groups is 10. The minimum absolute atomic E-state index is 0. The zero-order valence-corrected chi connectivity index (χ0v) is 50.6. The standard InChI is InChI=1S/C17H18O7.C16H32O2.C12H20O6.2C7H14O2.17CH4/c1-4-17(2,3)16(21)23-8-7-22-13(18)10-5-6-11-12(9-10)15(20)24-14(11)19;1-5-7-8-9-10-11-12-13-14-18-15(17)16(3,4)6-2;1-4-12(2,3)11(17)18-7-5-6-8(9(13)14)10(15)16;2*1-5-7(2,3)6(8)9-4;;;;;;;;;;;;;;;;;/h5-6,9H,4,7-8H2,1-3H3;5-14H2,1-4H3;8H,4-7H2,1-3H3,(H,13,14)(H,15,16);2*5H2,1-4H3;17*1H4. The SMILES string of the molecule is C.C.C.C.C.C.C.C.C.C.C.C.C.C.C.C.C.CCC(C)(C)C(=O)OC.CCC(C)(C)C(=O)OC.CCC(C)(C)C(=O)OCCCC(C(=O)O)C(=O)O.CCC(C)(C)C(=O)OCCOC(=O)c1ccc2c(c1)C(=O)OC2=O.CCCCCCCCCCOC(=O)C(C)(C)CC. The Kier molecular flexibility index (Phi) is 113. The van der Waals surface area contributed by atoms with Crippen molar-refractivity contribution in [3.63, 3.8) is 0 Å². The van der Waals surface area contributed by atoms with Gasteiger partial charge in [-0.3, -0.25) is 33.6 Å². The van der Waals surface area contributed by atoms with Crippen LogP contribution in [0, 0.1) is 33.0 Å². The molecule has 0 bridgehead atoms. The van der Waals surface area contributed by atoms with Crippen LogP contribution in [0.25, 0.3) is 0 Å². The van der Waals surface area contributed by atoms with Gasteiger partial charge in [-0.15, -0.1) is 0 Å². The van der Waals surface area contributed by atoms with E-state index >= 15 is 0 Å². The Hall–Kier alpha value is -5.88. The highest BCUT2D eigenvalue weighted by Gasteiger charge is 2.32. The van der Waals surface area contributed by atoms with Gasteiger partial charge in [-0.1, -0.05) is 213 Å². The van der Waals surface area contributed by atoms with Gasteiger partial charge in [0, 0.05) is 0 Å². The molecular formula is C76H166O19. The number of aliphatic carboxylic acids is 2. The molecule has 0 spiro atoms. The van der Waals surface area contributed by atoms with Crippen molar-refractivity contribution in [3.8, 4) is 0 Å². The second-order valence-electron chi connectivity index (χ2n) is 22.0. The zero-order valence-electron chi connectivity index (χ0n) is 50.6.